The second-order valence-corrected chi connectivity index (χ2v) is 6.36. The molecule has 0 unspecified atom stereocenters. The number of nitrogens with one attached hydrogen (secondary N) is 1. The minimum Gasteiger partial charge on any atom is -0.394 e. The number of carbonyl (C=O) groups excluding carboxylic acids is 1. The fourth-order valence-corrected chi connectivity index (χ4v) is 3.86. The van der Waals surface area contributed by atoms with Crippen LogP contribution in [0.15, 0.2) is 12.2 Å². The SMILES string of the molecule is C1=CCCCC1.CCC[C@H]1C(=O)N[C@@]2(CO)CO[C@@]12CC. The zero-order valence-electron chi connectivity index (χ0n) is 13.4. The van der Waals surface area contributed by atoms with Gasteiger partial charge in [0.05, 0.1) is 19.1 Å². The molecule has 120 valence electrons. The highest BCUT2D eigenvalue weighted by atomic mass is 16.5. The van der Waals surface area contributed by atoms with Crippen LogP contribution in [0, 0.1) is 5.92 Å². The van der Waals surface area contributed by atoms with Crippen LogP contribution in [0.4, 0.5) is 0 Å². The summed E-state index contributed by atoms with van der Waals surface area (Å²) >= 11 is 0. The number of rotatable bonds is 4. The van der Waals surface area contributed by atoms with Gasteiger partial charge >= 0.3 is 0 Å². The Kier molecular flexibility index (Phi) is 5.44. The van der Waals surface area contributed by atoms with Crippen LogP contribution in [-0.4, -0.2) is 35.4 Å². The lowest BCUT2D eigenvalue weighted by atomic mass is 9.68. The van der Waals surface area contributed by atoms with Gasteiger partial charge < -0.3 is 15.2 Å². The Morgan fingerprint density at radius 1 is 1.33 bits per heavy atom. The van der Waals surface area contributed by atoms with Crippen molar-refractivity contribution in [3.63, 3.8) is 0 Å². The van der Waals surface area contributed by atoms with E-state index in [0.717, 1.165) is 19.3 Å². The average Bonchev–Trinajstić information content (AvgIpc) is 2.68. The first-order valence-electron chi connectivity index (χ1n) is 8.37. The number of aliphatic hydroxyl groups excluding tert-OH is 1. The molecule has 0 bridgehead atoms. The van der Waals surface area contributed by atoms with Gasteiger partial charge in [-0.25, -0.2) is 0 Å². The quantitative estimate of drug-likeness (QED) is 0.784. The summed E-state index contributed by atoms with van der Waals surface area (Å²) in [6.45, 7) is 4.51. The third kappa shape index (κ3) is 2.76. The first-order valence-corrected chi connectivity index (χ1v) is 8.37. The highest BCUT2D eigenvalue weighted by molar-refractivity contribution is 5.85. The second-order valence-electron chi connectivity index (χ2n) is 6.36. The number of ether oxygens (including phenoxy) is 1. The smallest absolute Gasteiger partial charge is 0.226 e. The fraction of sp³-hybridized carbons (Fsp3) is 0.824. The summed E-state index contributed by atoms with van der Waals surface area (Å²) in [5.74, 6) is -0.0429. The van der Waals surface area contributed by atoms with Crippen LogP contribution in [0.25, 0.3) is 0 Å². The largest absolute Gasteiger partial charge is 0.394 e. The van der Waals surface area contributed by atoms with Crippen LogP contribution in [0.5, 0.6) is 0 Å². The molecule has 2 heterocycles. The molecule has 0 saturated carbocycles. The molecule has 0 aromatic carbocycles. The second kappa shape index (κ2) is 6.93. The van der Waals surface area contributed by atoms with Gasteiger partial charge in [0.1, 0.15) is 11.1 Å². The molecular formula is C17H29NO3. The molecule has 2 aliphatic heterocycles. The van der Waals surface area contributed by atoms with E-state index < -0.39 is 11.1 Å². The summed E-state index contributed by atoms with van der Waals surface area (Å²) in [6.07, 6.45) is 12.6. The van der Waals surface area contributed by atoms with Crippen LogP contribution in [-0.2, 0) is 9.53 Å². The first kappa shape index (κ1) is 16.5. The molecule has 2 fully saturated rings. The molecule has 4 nitrogen and oxygen atoms in total. The summed E-state index contributed by atoms with van der Waals surface area (Å²) in [4.78, 5) is 11.9. The lowest BCUT2D eigenvalue weighted by Crippen LogP contribution is -2.73. The van der Waals surface area contributed by atoms with Gasteiger partial charge in [0, 0.05) is 0 Å². The van der Waals surface area contributed by atoms with Crippen molar-refractivity contribution in [2.45, 2.75) is 69.9 Å². The van der Waals surface area contributed by atoms with E-state index in [4.69, 9.17) is 4.74 Å². The van der Waals surface area contributed by atoms with Gasteiger partial charge in [-0.05, 0) is 38.5 Å². The molecule has 0 spiro atoms. The van der Waals surface area contributed by atoms with E-state index in [0.29, 0.717) is 6.61 Å². The van der Waals surface area contributed by atoms with Crippen LogP contribution in [0.3, 0.4) is 0 Å². The number of hydrogen-bond donors (Lipinski definition) is 2. The number of fused-ring (bicyclic) bond motifs is 1. The molecule has 1 aliphatic carbocycles. The van der Waals surface area contributed by atoms with Crippen LogP contribution < -0.4 is 5.32 Å². The Balaban J connectivity index is 0.000000225. The van der Waals surface area contributed by atoms with Crippen molar-refractivity contribution in [2.24, 2.45) is 5.92 Å². The van der Waals surface area contributed by atoms with Crippen molar-refractivity contribution in [1.82, 2.24) is 5.32 Å². The number of hydrogen-bond acceptors (Lipinski definition) is 3. The summed E-state index contributed by atoms with van der Waals surface area (Å²) < 4.78 is 5.68. The minimum atomic E-state index is -0.501. The van der Waals surface area contributed by atoms with Gasteiger partial charge in [-0.1, -0.05) is 32.4 Å². The highest BCUT2D eigenvalue weighted by Crippen LogP contribution is 2.51. The summed E-state index contributed by atoms with van der Waals surface area (Å²) in [5, 5.41) is 12.4. The molecule has 0 aromatic rings. The molecular weight excluding hydrogens is 266 g/mol. The average molecular weight is 295 g/mol. The molecule has 0 radical (unpaired) electrons. The minimum absolute atomic E-state index is 0.0210. The molecule has 4 heteroatoms. The number of allylic oxidation sites excluding steroid dienone is 2. The van der Waals surface area contributed by atoms with Crippen LogP contribution >= 0.6 is 0 Å². The molecule has 21 heavy (non-hydrogen) atoms. The monoisotopic (exact) mass is 295 g/mol. The predicted molar refractivity (Wildman–Crippen MR) is 82.9 cm³/mol. The normalized spacial score (nSPS) is 37.1. The zero-order valence-corrected chi connectivity index (χ0v) is 13.4. The Bertz CT molecular complexity index is 379. The van der Waals surface area contributed by atoms with Crippen molar-refractivity contribution in [1.29, 1.82) is 0 Å². The van der Waals surface area contributed by atoms with E-state index in [1.165, 1.54) is 25.7 Å². The van der Waals surface area contributed by atoms with Gasteiger partial charge in [0.25, 0.3) is 0 Å². The Morgan fingerprint density at radius 3 is 2.33 bits per heavy atom. The van der Waals surface area contributed by atoms with Crippen molar-refractivity contribution in [3.05, 3.63) is 12.2 Å². The Labute approximate surface area is 127 Å². The van der Waals surface area contributed by atoms with E-state index in [-0.39, 0.29) is 18.4 Å². The first-order chi connectivity index (χ1) is 10.2. The van der Waals surface area contributed by atoms with Gasteiger partial charge in [-0.2, -0.15) is 0 Å². The lowest BCUT2D eigenvalue weighted by molar-refractivity contribution is -0.241. The van der Waals surface area contributed by atoms with Gasteiger partial charge in [0.15, 0.2) is 0 Å². The summed E-state index contributed by atoms with van der Waals surface area (Å²) in [7, 11) is 0. The van der Waals surface area contributed by atoms with Crippen molar-refractivity contribution >= 4 is 5.91 Å². The lowest BCUT2D eigenvalue weighted by Gasteiger charge is -2.54. The topological polar surface area (TPSA) is 58.6 Å². The van der Waals surface area contributed by atoms with Gasteiger partial charge in [-0.15, -0.1) is 0 Å². The highest BCUT2D eigenvalue weighted by Gasteiger charge is 2.70. The molecule has 3 rings (SSSR count). The number of amides is 1. The maximum Gasteiger partial charge on any atom is 0.226 e. The van der Waals surface area contributed by atoms with Crippen molar-refractivity contribution in [2.75, 3.05) is 13.2 Å². The number of carbonyl (C=O) groups is 1. The van der Waals surface area contributed by atoms with E-state index in [1.807, 2.05) is 6.92 Å². The third-order valence-electron chi connectivity index (χ3n) is 5.16. The standard InChI is InChI=1S/C11H19NO3.C6H10/c1-3-5-8-9(14)12-10(6-13)7-15-11(8,10)4-2;1-2-4-6-5-3-1/h8,13H,3-7H2,1-2H3,(H,12,14);1-2H,3-6H2/t8-,10-,11-;/m0./s1. The van der Waals surface area contributed by atoms with Crippen LogP contribution in [0.2, 0.25) is 0 Å². The zero-order chi connectivity index (χ0) is 15.3. The summed E-state index contributed by atoms with van der Waals surface area (Å²) in [5.41, 5.74) is -0.951. The molecule has 3 aliphatic rings. The molecule has 2 saturated heterocycles. The number of aliphatic hydroxyl groups is 1. The molecule has 2 N–H and O–H groups in total. The maximum atomic E-state index is 11.9. The summed E-state index contributed by atoms with van der Waals surface area (Å²) in [6, 6.07) is 0. The van der Waals surface area contributed by atoms with Gasteiger partial charge in [0.2, 0.25) is 5.91 Å². The fourth-order valence-electron chi connectivity index (χ4n) is 3.86. The Morgan fingerprint density at radius 2 is 2.00 bits per heavy atom. The van der Waals surface area contributed by atoms with Crippen LogP contribution in [0.1, 0.15) is 58.8 Å². The van der Waals surface area contributed by atoms with Gasteiger partial charge in [-0.3, -0.25) is 4.79 Å². The Hall–Kier alpha value is -0.870. The third-order valence-corrected chi connectivity index (χ3v) is 5.16. The maximum absolute atomic E-state index is 11.9. The van der Waals surface area contributed by atoms with E-state index in [2.05, 4.69) is 24.4 Å². The predicted octanol–water partition coefficient (Wildman–Crippen LogP) is 2.56. The van der Waals surface area contributed by atoms with E-state index >= 15 is 0 Å². The van der Waals surface area contributed by atoms with Crippen molar-refractivity contribution in [3.8, 4) is 0 Å². The van der Waals surface area contributed by atoms with E-state index in [1.54, 1.807) is 0 Å². The molecule has 1 amide bonds. The van der Waals surface area contributed by atoms with E-state index in [9.17, 15) is 9.90 Å². The molecule has 0 aromatic heterocycles. The van der Waals surface area contributed by atoms with Crippen molar-refractivity contribution < 1.29 is 14.6 Å². The molecule has 3 atom stereocenters.